The molecule has 4 rings (SSSR count). The van der Waals surface area contributed by atoms with Gasteiger partial charge in [-0.25, -0.2) is 4.98 Å². The number of rotatable bonds is 6. The molecule has 0 atom stereocenters. The highest BCUT2D eigenvalue weighted by molar-refractivity contribution is 7.09. The van der Waals surface area contributed by atoms with E-state index in [1.807, 2.05) is 54.8 Å². The average molecular weight is 393 g/mol. The van der Waals surface area contributed by atoms with E-state index in [4.69, 9.17) is 4.74 Å². The van der Waals surface area contributed by atoms with Gasteiger partial charge in [-0.3, -0.25) is 9.59 Å². The molecule has 0 aliphatic carbocycles. The third-order valence-corrected chi connectivity index (χ3v) is 5.25. The van der Waals surface area contributed by atoms with Gasteiger partial charge in [0.05, 0.1) is 18.7 Å². The monoisotopic (exact) mass is 393 g/mol. The molecule has 0 fully saturated rings. The summed E-state index contributed by atoms with van der Waals surface area (Å²) in [6.45, 7) is 2.32. The van der Waals surface area contributed by atoms with Crippen LogP contribution in [-0.4, -0.2) is 23.4 Å². The van der Waals surface area contributed by atoms with Gasteiger partial charge in [-0.1, -0.05) is 23.8 Å². The molecule has 1 aliphatic rings. The Morgan fingerprint density at radius 1 is 1.25 bits per heavy atom. The molecule has 0 saturated heterocycles. The Balaban J connectivity index is 1.31. The van der Waals surface area contributed by atoms with E-state index in [0.29, 0.717) is 18.7 Å². The highest BCUT2D eigenvalue weighted by Crippen LogP contribution is 2.29. The van der Waals surface area contributed by atoms with Crippen molar-refractivity contribution in [2.75, 3.05) is 11.9 Å². The lowest BCUT2D eigenvalue weighted by molar-refractivity contribution is -0.123. The molecule has 1 aromatic heterocycles. The maximum Gasteiger partial charge on any atom is 0.258 e. The molecule has 1 aliphatic heterocycles. The number of hydrogen-bond donors (Lipinski definition) is 2. The van der Waals surface area contributed by atoms with Gasteiger partial charge in [0, 0.05) is 16.6 Å². The largest absolute Gasteiger partial charge is 0.484 e. The van der Waals surface area contributed by atoms with Crippen molar-refractivity contribution < 1.29 is 14.3 Å². The fourth-order valence-corrected chi connectivity index (χ4v) is 3.66. The maximum atomic E-state index is 12.0. The average Bonchev–Trinajstić information content (AvgIpc) is 3.30. The summed E-state index contributed by atoms with van der Waals surface area (Å²) in [7, 11) is 0. The Hall–Kier alpha value is -3.19. The van der Waals surface area contributed by atoms with E-state index in [1.165, 1.54) is 11.3 Å². The number of amides is 2. The Morgan fingerprint density at radius 2 is 2.07 bits per heavy atom. The van der Waals surface area contributed by atoms with Crippen LogP contribution in [0.15, 0.2) is 47.8 Å². The lowest BCUT2D eigenvalue weighted by Crippen LogP contribution is -2.28. The van der Waals surface area contributed by atoms with Crippen LogP contribution in [0.1, 0.15) is 16.1 Å². The Morgan fingerprint density at radius 3 is 2.89 bits per heavy atom. The number of thiazole rings is 1. The van der Waals surface area contributed by atoms with Crippen LogP contribution in [0.3, 0.4) is 0 Å². The predicted molar refractivity (Wildman–Crippen MR) is 108 cm³/mol. The molecule has 0 bridgehead atoms. The second-order valence-corrected chi connectivity index (χ2v) is 7.54. The minimum absolute atomic E-state index is 0.0154. The highest BCUT2D eigenvalue weighted by Gasteiger charge is 2.18. The fourth-order valence-electron chi connectivity index (χ4n) is 2.92. The van der Waals surface area contributed by atoms with Gasteiger partial charge in [0.15, 0.2) is 6.61 Å². The summed E-state index contributed by atoms with van der Waals surface area (Å²) < 4.78 is 5.47. The maximum absolute atomic E-state index is 12.0. The number of aryl methyl sites for hydroxylation is 1. The summed E-state index contributed by atoms with van der Waals surface area (Å²) in [4.78, 5) is 28.1. The van der Waals surface area contributed by atoms with Crippen molar-refractivity contribution in [1.29, 1.82) is 0 Å². The summed E-state index contributed by atoms with van der Waals surface area (Å²) in [6, 6.07) is 13.4. The fraction of sp³-hybridized carbons (Fsp3) is 0.190. The van der Waals surface area contributed by atoms with Crippen LogP contribution < -0.4 is 15.4 Å². The third-order valence-electron chi connectivity index (χ3n) is 4.41. The van der Waals surface area contributed by atoms with E-state index < -0.39 is 0 Å². The van der Waals surface area contributed by atoms with Crippen molar-refractivity contribution in [1.82, 2.24) is 10.3 Å². The summed E-state index contributed by atoms with van der Waals surface area (Å²) in [5.41, 5.74) is 4.80. The van der Waals surface area contributed by atoms with Gasteiger partial charge in [-0.05, 0) is 36.8 Å². The van der Waals surface area contributed by atoms with Crippen molar-refractivity contribution in [3.05, 3.63) is 64.0 Å². The molecule has 7 heteroatoms. The first-order valence-corrected chi connectivity index (χ1v) is 9.78. The number of ether oxygens (including phenoxy) is 1. The number of anilines is 1. The molecule has 142 valence electrons. The molecular formula is C21H19N3O3S. The second-order valence-electron chi connectivity index (χ2n) is 6.60. The first-order valence-electron chi connectivity index (χ1n) is 8.90. The zero-order valence-electron chi connectivity index (χ0n) is 15.3. The molecule has 3 aromatic rings. The van der Waals surface area contributed by atoms with Crippen molar-refractivity contribution in [2.45, 2.75) is 19.9 Å². The Labute approximate surface area is 166 Å². The molecule has 0 radical (unpaired) electrons. The highest BCUT2D eigenvalue weighted by atomic mass is 32.1. The number of hydrogen-bond acceptors (Lipinski definition) is 5. The van der Waals surface area contributed by atoms with Crippen molar-refractivity contribution in [3.8, 4) is 17.0 Å². The molecule has 2 N–H and O–H groups in total. The molecular weight excluding hydrogens is 374 g/mol. The second kappa shape index (κ2) is 7.82. The van der Waals surface area contributed by atoms with Gasteiger partial charge in [0.25, 0.3) is 5.91 Å². The molecule has 0 spiro atoms. The molecule has 2 amide bonds. The van der Waals surface area contributed by atoms with Gasteiger partial charge in [0.2, 0.25) is 5.91 Å². The molecule has 2 heterocycles. The van der Waals surface area contributed by atoms with Gasteiger partial charge in [-0.2, -0.15) is 0 Å². The molecule has 28 heavy (non-hydrogen) atoms. The van der Waals surface area contributed by atoms with Crippen LogP contribution in [0.4, 0.5) is 5.69 Å². The first kappa shape index (κ1) is 18.2. The standard InChI is InChI=1S/C21H19N3O3S/c1-13-2-5-16(6-3-13)27-11-20(26)22-10-21-24-18(12-28-21)14-4-7-17-15(8-14)9-19(25)23-17/h2-8,12H,9-11H2,1H3,(H,22,26)(H,23,25). The molecule has 0 unspecified atom stereocenters. The van der Waals surface area contributed by atoms with Crippen LogP contribution in [0.25, 0.3) is 11.3 Å². The van der Waals surface area contributed by atoms with E-state index in [2.05, 4.69) is 15.6 Å². The summed E-state index contributed by atoms with van der Waals surface area (Å²) in [5.74, 6) is 0.489. The number of carbonyl (C=O) groups excluding carboxylic acids is 2. The van der Waals surface area contributed by atoms with E-state index in [9.17, 15) is 9.59 Å². The van der Waals surface area contributed by atoms with E-state index >= 15 is 0 Å². The van der Waals surface area contributed by atoms with Crippen molar-refractivity contribution >= 4 is 28.8 Å². The zero-order valence-corrected chi connectivity index (χ0v) is 16.1. The Bertz CT molecular complexity index is 1030. The van der Waals surface area contributed by atoms with Crippen LogP contribution in [0.2, 0.25) is 0 Å². The van der Waals surface area contributed by atoms with Crippen LogP contribution >= 0.6 is 11.3 Å². The molecule has 6 nitrogen and oxygen atoms in total. The topological polar surface area (TPSA) is 80.3 Å². The quantitative estimate of drug-likeness (QED) is 0.673. The summed E-state index contributed by atoms with van der Waals surface area (Å²) >= 11 is 1.49. The minimum atomic E-state index is -0.195. The zero-order chi connectivity index (χ0) is 19.5. The number of benzene rings is 2. The number of carbonyl (C=O) groups is 2. The smallest absolute Gasteiger partial charge is 0.258 e. The number of nitrogens with one attached hydrogen (secondary N) is 2. The lowest BCUT2D eigenvalue weighted by atomic mass is 10.1. The summed E-state index contributed by atoms with van der Waals surface area (Å²) in [6.07, 6.45) is 0.400. The predicted octanol–water partition coefficient (Wildman–Crippen LogP) is 3.31. The number of fused-ring (bicyclic) bond motifs is 1. The van der Waals surface area contributed by atoms with Gasteiger partial charge >= 0.3 is 0 Å². The normalized spacial score (nSPS) is 12.4. The van der Waals surface area contributed by atoms with Crippen LogP contribution in [-0.2, 0) is 22.6 Å². The lowest BCUT2D eigenvalue weighted by Gasteiger charge is -2.06. The van der Waals surface area contributed by atoms with Crippen molar-refractivity contribution in [2.24, 2.45) is 0 Å². The summed E-state index contributed by atoms with van der Waals surface area (Å²) in [5, 5.41) is 8.41. The van der Waals surface area contributed by atoms with Gasteiger partial charge in [-0.15, -0.1) is 11.3 Å². The van der Waals surface area contributed by atoms with Gasteiger partial charge < -0.3 is 15.4 Å². The number of aromatic nitrogens is 1. The van der Waals surface area contributed by atoms with E-state index in [-0.39, 0.29) is 18.4 Å². The van der Waals surface area contributed by atoms with E-state index in [1.54, 1.807) is 0 Å². The molecule has 0 saturated carbocycles. The van der Waals surface area contributed by atoms with Crippen LogP contribution in [0, 0.1) is 6.92 Å². The third kappa shape index (κ3) is 4.20. The molecule has 2 aromatic carbocycles. The SMILES string of the molecule is Cc1ccc(OCC(=O)NCc2nc(-c3ccc4c(c3)CC(=O)N4)cs2)cc1. The number of nitrogens with zero attached hydrogens (tertiary/aromatic N) is 1. The van der Waals surface area contributed by atoms with Crippen molar-refractivity contribution in [3.63, 3.8) is 0 Å². The minimum Gasteiger partial charge on any atom is -0.484 e. The first-order chi connectivity index (χ1) is 13.6. The Kier molecular flexibility index (Phi) is 5.08. The van der Waals surface area contributed by atoms with Gasteiger partial charge in [0.1, 0.15) is 10.8 Å². The van der Waals surface area contributed by atoms with Crippen LogP contribution in [0.5, 0.6) is 5.75 Å². The van der Waals surface area contributed by atoms with E-state index in [0.717, 1.165) is 33.1 Å².